The number of carbonyl (C=O) groups is 1. The second-order valence-corrected chi connectivity index (χ2v) is 6.16. The summed E-state index contributed by atoms with van der Waals surface area (Å²) >= 11 is 4.85. The molecule has 1 aromatic carbocycles. The third-order valence-corrected chi connectivity index (χ3v) is 4.58. The smallest absolute Gasteiger partial charge is 0.316 e. The summed E-state index contributed by atoms with van der Waals surface area (Å²) in [7, 11) is 0. The summed E-state index contributed by atoms with van der Waals surface area (Å²) in [5, 5.41) is 11.7. The molecule has 0 aliphatic heterocycles. The van der Waals surface area contributed by atoms with Crippen LogP contribution < -0.4 is 0 Å². The van der Waals surface area contributed by atoms with Gasteiger partial charge in [0.15, 0.2) is 0 Å². The van der Waals surface area contributed by atoms with Gasteiger partial charge in [-0.2, -0.15) is 0 Å². The predicted octanol–water partition coefficient (Wildman–Crippen LogP) is 3.93. The van der Waals surface area contributed by atoms with Gasteiger partial charge in [-0.1, -0.05) is 34.1 Å². The van der Waals surface area contributed by atoms with Gasteiger partial charge in [-0.15, -0.1) is 11.3 Å². The minimum atomic E-state index is -0.954. The molecule has 5 heteroatoms. The van der Waals surface area contributed by atoms with Crippen LogP contribution in [0.2, 0.25) is 0 Å². The second kappa shape index (κ2) is 4.82. The first-order chi connectivity index (χ1) is 8.43. The van der Waals surface area contributed by atoms with E-state index in [1.54, 1.807) is 13.8 Å². The Hall–Kier alpha value is -1.20. The minimum absolute atomic E-state index is 0.612. The van der Waals surface area contributed by atoms with Gasteiger partial charge in [0, 0.05) is 15.4 Å². The predicted molar refractivity (Wildman–Crippen MR) is 75.9 cm³/mol. The molecule has 0 aliphatic carbocycles. The molecule has 0 amide bonds. The zero-order valence-corrected chi connectivity index (χ0v) is 12.4. The van der Waals surface area contributed by atoms with Gasteiger partial charge < -0.3 is 5.11 Å². The lowest BCUT2D eigenvalue weighted by Crippen LogP contribution is -2.28. The topological polar surface area (TPSA) is 50.2 Å². The quantitative estimate of drug-likeness (QED) is 0.929. The fourth-order valence-corrected chi connectivity index (χ4v) is 2.87. The number of rotatable bonds is 3. The molecular formula is C13H12BrNO2S. The van der Waals surface area contributed by atoms with Crippen LogP contribution in [0.5, 0.6) is 0 Å². The van der Waals surface area contributed by atoms with Crippen LogP contribution >= 0.6 is 27.3 Å². The SMILES string of the molecule is CC(C)(C(=O)O)c1nc(-c2ccccc2Br)cs1. The monoisotopic (exact) mass is 325 g/mol. The lowest BCUT2D eigenvalue weighted by molar-refractivity contribution is -0.142. The van der Waals surface area contributed by atoms with Crippen LogP contribution in [0, 0.1) is 0 Å². The van der Waals surface area contributed by atoms with Gasteiger partial charge in [-0.3, -0.25) is 4.79 Å². The molecule has 18 heavy (non-hydrogen) atoms. The number of benzene rings is 1. The van der Waals surface area contributed by atoms with Gasteiger partial charge in [-0.25, -0.2) is 4.98 Å². The van der Waals surface area contributed by atoms with E-state index in [1.165, 1.54) is 11.3 Å². The van der Waals surface area contributed by atoms with Gasteiger partial charge in [0.05, 0.1) is 5.69 Å². The normalized spacial score (nSPS) is 11.5. The van der Waals surface area contributed by atoms with Gasteiger partial charge in [0.2, 0.25) is 0 Å². The third kappa shape index (κ3) is 2.33. The number of hydrogen-bond acceptors (Lipinski definition) is 3. The van der Waals surface area contributed by atoms with Crippen LogP contribution in [-0.4, -0.2) is 16.1 Å². The van der Waals surface area contributed by atoms with Crippen LogP contribution in [0.3, 0.4) is 0 Å². The molecule has 2 aromatic rings. The van der Waals surface area contributed by atoms with Crippen molar-refractivity contribution >= 4 is 33.2 Å². The summed E-state index contributed by atoms with van der Waals surface area (Å²) in [6.07, 6.45) is 0. The fraction of sp³-hybridized carbons (Fsp3) is 0.231. The van der Waals surface area contributed by atoms with Crippen molar-refractivity contribution in [3.8, 4) is 11.3 Å². The van der Waals surface area contributed by atoms with Crippen molar-refractivity contribution in [1.82, 2.24) is 4.98 Å². The van der Waals surface area contributed by atoms with E-state index >= 15 is 0 Å². The molecule has 0 fully saturated rings. The first-order valence-electron chi connectivity index (χ1n) is 5.37. The first kappa shape index (κ1) is 13.2. The van der Waals surface area contributed by atoms with Gasteiger partial charge >= 0.3 is 5.97 Å². The van der Waals surface area contributed by atoms with Crippen molar-refractivity contribution in [1.29, 1.82) is 0 Å². The summed E-state index contributed by atoms with van der Waals surface area (Å²) in [4.78, 5) is 15.6. The number of aromatic nitrogens is 1. The minimum Gasteiger partial charge on any atom is -0.481 e. The molecule has 0 saturated heterocycles. The van der Waals surface area contributed by atoms with E-state index in [-0.39, 0.29) is 0 Å². The van der Waals surface area contributed by atoms with Crippen molar-refractivity contribution in [2.75, 3.05) is 0 Å². The Kier molecular flexibility index (Phi) is 3.54. The van der Waals surface area contributed by atoms with E-state index in [2.05, 4.69) is 20.9 Å². The fourth-order valence-electron chi connectivity index (χ4n) is 1.44. The number of hydrogen-bond donors (Lipinski definition) is 1. The molecule has 0 spiro atoms. The molecule has 0 radical (unpaired) electrons. The second-order valence-electron chi connectivity index (χ2n) is 4.45. The maximum atomic E-state index is 11.2. The van der Waals surface area contributed by atoms with Crippen LogP contribution in [0.1, 0.15) is 18.9 Å². The van der Waals surface area contributed by atoms with Gasteiger partial charge in [-0.05, 0) is 19.9 Å². The van der Waals surface area contributed by atoms with Crippen LogP contribution in [0.25, 0.3) is 11.3 Å². The van der Waals surface area contributed by atoms with E-state index in [9.17, 15) is 9.90 Å². The number of aliphatic carboxylic acids is 1. The zero-order valence-electron chi connectivity index (χ0n) is 9.98. The van der Waals surface area contributed by atoms with Crippen molar-refractivity contribution < 1.29 is 9.90 Å². The van der Waals surface area contributed by atoms with E-state index in [0.29, 0.717) is 5.01 Å². The van der Waals surface area contributed by atoms with Crippen LogP contribution in [0.4, 0.5) is 0 Å². The van der Waals surface area contributed by atoms with Crippen molar-refractivity contribution in [2.24, 2.45) is 0 Å². The molecule has 2 rings (SSSR count). The molecule has 0 saturated carbocycles. The Bertz CT molecular complexity index is 592. The molecule has 1 aromatic heterocycles. The Labute approximate surface area is 118 Å². The highest BCUT2D eigenvalue weighted by molar-refractivity contribution is 9.10. The van der Waals surface area contributed by atoms with Crippen LogP contribution in [0.15, 0.2) is 34.1 Å². The average Bonchev–Trinajstić information content (AvgIpc) is 2.79. The summed E-state index contributed by atoms with van der Waals surface area (Å²) in [5.41, 5.74) is 0.822. The van der Waals surface area contributed by atoms with Crippen LogP contribution in [-0.2, 0) is 10.2 Å². The number of carboxylic acids is 1. The van der Waals surface area contributed by atoms with Gasteiger partial charge in [0.1, 0.15) is 10.4 Å². The summed E-state index contributed by atoms with van der Waals surface area (Å²) < 4.78 is 0.954. The van der Waals surface area contributed by atoms with Crippen molar-refractivity contribution in [3.63, 3.8) is 0 Å². The first-order valence-corrected chi connectivity index (χ1v) is 7.04. The van der Waals surface area contributed by atoms with E-state index in [0.717, 1.165) is 15.7 Å². The highest BCUT2D eigenvalue weighted by Gasteiger charge is 2.32. The van der Waals surface area contributed by atoms with Crippen molar-refractivity contribution in [3.05, 3.63) is 39.1 Å². The number of thiazole rings is 1. The standard InChI is InChI=1S/C13H12BrNO2S/c1-13(2,12(16)17)11-15-10(7-18-11)8-5-3-4-6-9(8)14/h3-7H,1-2H3,(H,16,17). The number of nitrogens with zero attached hydrogens (tertiary/aromatic N) is 1. The summed E-state index contributed by atoms with van der Waals surface area (Å²) in [5.74, 6) is -0.865. The van der Waals surface area contributed by atoms with Gasteiger partial charge in [0.25, 0.3) is 0 Å². The maximum Gasteiger partial charge on any atom is 0.316 e. The Morgan fingerprint density at radius 1 is 1.39 bits per heavy atom. The molecule has 3 nitrogen and oxygen atoms in total. The maximum absolute atomic E-state index is 11.2. The Morgan fingerprint density at radius 3 is 2.67 bits per heavy atom. The molecule has 1 heterocycles. The number of carboxylic acid groups (broad SMARTS) is 1. The highest BCUT2D eigenvalue weighted by atomic mass is 79.9. The van der Waals surface area contributed by atoms with E-state index in [4.69, 9.17) is 0 Å². The Balaban J connectivity index is 2.44. The largest absolute Gasteiger partial charge is 0.481 e. The van der Waals surface area contributed by atoms with Crippen molar-refractivity contribution in [2.45, 2.75) is 19.3 Å². The average molecular weight is 326 g/mol. The lowest BCUT2D eigenvalue weighted by atomic mass is 9.95. The molecular weight excluding hydrogens is 314 g/mol. The van der Waals surface area contributed by atoms with E-state index < -0.39 is 11.4 Å². The van der Waals surface area contributed by atoms with E-state index in [1.807, 2.05) is 29.6 Å². The molecule has 94 valence electrons. The third-order valence-electron chi connectivity index (χ3n) is 2.72. The molecule has 1 N–H and O–H groups in total. The lowest BCUT2D eigenvalue weighted by Gasteiger charge is -2.15. The molecule has 0 aliphatic rings. The Morgan fingerprint density at radius 2 is 2.06 bits per heavy atom. The molecule has 0 atom stereocenters. The number of halogens is 1. The molecule has 0 unspecified atom stereocenters. The molecule has 0 bridgehead atoms. The highest BCUT2D eigenvalue weighted by Crippen LogP contribution is 2.33. The zero-order chi connectivity index (χ0) is 13.3. The summed E-state index contributed by atoms with van der Waals surface area (Å²) in [6.45, 7) is 3.33. The summed E-state index contributed by atoms with van der Waals surface area (Å²) in [6, 6.07) is 7.76.